The number of aromatic amines is 1. The van der Waals surface area contributed by atoms with Crippen LogP contribution in [-0.2, 0) is 6.42 Å². The van der Waals surface area contributed by atoms with Crippen molar-refractivity contribution in [2.24, 2.45) is 0 Å². The summed E-state index contributed by atoms with van der Waals surface area (Å²) in [6.45, 7) is 0.979. The average Bonchev–Trinajstić information content (AvgIpc) is 3.18. The van der Waals surface area contributed by atoms with Crippen molar-refractivity contribution in [3.63, 3.8) is 0 Å². The van der Waals surface area contributed by atoms with Gasteiger partial charge in [-0.1, -0.05) is 5.16 Å². The minimum absolute atomic E-state index is 0.433. The second kappa shape index (κ2) is 3.91. The van der Waals surface area contributed by atoms with E-state index in [2.05, 4.69) is 36.9 Å². The third-order valence-electron chi connectivity index (χ3n) is 3.13. The van der Waals surface area contributed by atoms with E-state index in [1.807, 2.05) is 12.1 Å². The zero-order valence-corrected chi connectivity index (χ0v) is 9.92. The summed E-state index contributed by atoms with van der Waals surface area (Å²) in [6, 6.07) is 6.09. The van der Waals surface area contributed by atoms with E-state index in [0.717, 1.165) is 18.5 Å². The van der Waals surface area contributed by atoms with Gasteiger partial charge < -0.3 is 9.84 Å². The van der Waals surface area contributed by atoms with Crippen molar-refractivity contribution in [1.29, 1.82) is 0 Å². The molecule has 7 heteroatoms. The molecule has 0 atom stereocenters. The van der Waals surface area contributed by atoms with E-state index in [0.29, 0.717) is 17.4 Å². The fourth-order valence-electron chi connectivity index (χ4n) is 2.19. The number of H-pyrrole nitrogens is 1. The molecule has 1 aromatic carbocycles. The molecule has 0 fully saturated rings. The van der Waals surface area contributed by atoms with Crippen LogP contribution in [0.1, 0.15) is 5.56 Å². The minimum atomic E-state index is 0.433. The maximum Gasteiger partial charge on any atom is 0.258 e. The lowest BCUT2D eigenvalue weighted by Gasteiger charge is -2.00. The number of rotatable bonds is 2. The standard InChI is InChI=1S/C12H10N6O/c1-2-9-7(3-4-13-9)5-8(1)12-15-11(17-19-12)10-6-14-18-16-10/h1-2,5-6,13H,3-4H2,(H,14,16,18). The van der Waals surface area contributed by atoms with Gasteiger partial charge in [-0.3, -0.25) is 0 Å². The molecule has 19 heavy (non-hydrogen) atoms. The molecule has 0 aliphatic carbocycles. The van der Waals surface area contributed by atoms with E-state index in [4.69, 9.17) is 4.52 Å². The fraction of sp³-hybridized carbons (Fsp3) is 0.167. The average molecular weight is 254 g/mol. The van der Waals surface area contributed by atoms with Crippen LogP contribution in [0.25, 0.3) is 23.0 Å². The summed E-state index contributed by atoms with van der Waals surface area (Å²) in [5.41, 5.74) is 3.95. The van der Waals surface area contributed by atoms with E-state index >= 15 is 0 Å². The van der Waals surface area contributed by atoms with Gasteiger partial charge >= 0.3 is 0 Å². The molecular formula is C12H10N6O. The molecule has 0 saturated heterocycles. The summed E-state index contributed by atoms with van der Waals surface area (Å²) in [5.74, 6) is 0.926. The van der Waals surface area contributed by atoms with E-state index in [9.17, 15) is 0 Å². The van der Waals surface area contributed by atoms with Crippen LogP contribution in [0.3, 0.4) is 0 Å². The number of nitrogens with zero attached hydrogens (tertiary/aromatic N) is 4. The highest BCUT2D eigenvalue weighted by molar-refractivity contribution is 5.65. The lowest BCUT2D eigenvalue weighted by molar-refractivity contribution is 0.432. The summed E-state index contributed by atoms with van der Waals surface area (Å²) in [4.78, 5) is 4.33. The van der Waals surface area contributed by atoms with E-state index in [-0.39, 0.29) is 0 Å². The molecule has 0 spiro atoms. The topological polar surface area (TPSA) is 92.5 Å². The molecule has 0 saturated carbocycles. The number of hydrogen-bond acceptors (Lipinski definition) is 6. The number of fused-ring (bicyclic) bond motifs is 1. The van der Waals surface area contributed by atoms with Crippen LogP contribution in [0.4, 0.5) is 5.69 Å². The molecule has 94 valence electrons. The van der Waals surface area contributed by atoms with Gasteiger partial charge in [0.2, 0.25) is 5.82 Å². The number of anilines is 1. The Hall–Kier alpha value is -2.70. The number of hydrogen-bond donors (Lipinski definition) is 2. The quantitative estimate of drug-likeness (QED) is 0.719. The van der Waals surface area contributed by atoms with Crippen molar-refractivity contribution in [3.8, 4) is 23.0 Å². The Bertz CT molecular complexity index is 718. The molecule has 1 aliphatic heterocycles. The van der Waals surface area contributed by atoms with E-state index in [1.54, 1.807) is 6.20 Å². The Kier molecular flexibility index (Phi) is 2.11. The van der Waals surface area contributed by atoms with Gasteiger partial charge in [0.25, 0.3) is 5.89 Å². The first-order valence-corrected chi connectivity index (χ1v) is 5.97. The van der Waals surface area contributed by atoms with Crippen molar-refractivity contribution in [1.82, 2.24) is 25.6 Å². The van der Waals surface area contributed by atoms with Gasteiger partial charge in [-0.15, -0.1) is 0 Å². The molecule has 7 nitrogen and oxygen atoms in total. The summed E-state index contributed by atoms with van der Waals surface area (Å²) < 4.78 is 5.27. The Labute approximate surface area is 108 Å². The molecule has 4 rings (SSSR count). The molecule has 2 N–H and O–H groups in total. The largest absolute Gasteiger partial charge is 0.384 e. The first-order chi connectivity index (χ1) is 9.40. The predicted molar refractivity (Wildman–Crippen MR) is 67.3 cm³/mol. The predicted octanol–water partition coefficient (Wildman–Crippen LogP) is 1.49. The number of nitrogens with one attached hydrogen (secondary N) is 2. The van der Waals surface area contributed by atoms with Crippen molar-refractivity contribution in [2.45, 2.75) is 6.42 Å². The van der Waals surface area contributed by atoms with Crippen molar-refractivity contribution >= 4 is 5.69 Å². The first-order valence-electron chi connectivity index (χ1n) is 5.97. The van der Waals surface area contributed by atoms with Crippen LogP contribution in [-0.4, -0.2) is 32.1 Å². The zero-order chi connectivity index (χ0) is 12.7. The van der Waals surface area contributed by atoms with Crippen molar-refractivity contribution in [3.05, 3.63) is 30.0 Å². The smallest absolute Gasteiger partial charge is 0.258 e. The van der Waals surface area contributed by atoms with Crippen LogP contribution in [0.5, 0.6) is 0 Å². The maximum absolute atomic E-state index is 5.27. The summed E-state index contributed by atoms with van der Waals surface area (Å²) >= 11 is 0. The number of benzene rings is 1. The highest BCUT2D eigenvalue weighted by atomic mass is 16.5. The third kappa shape index (κ3) is 1.67. The highest BCUT2D eigenvalue weighted by Crippen LogP contribution is 2.28. The molecule has 2 aromatic heterocycles. The van der Waals surface area contributed by atoms with Gasteiger partial charge in [0, 0.05) is 17.8 Å². The Balaban J connectivity index is 1.73. The maximum atomic E-state index is 5.27. The van der Waals surface area contributed by atoms with Crippen LogP contribution in [0, 0.1) is 0 Å². The highest BCUT2D eigenvalue weighted by Gasteiger charge is 2.15. The summed E-state index contributed by atoms with van der Waals surface area (Å²) in [5, 5.41) is 17.4. The molecule has 0 bridgehead atoms. The second-order valence-corrected chi connectivity index (χ2v) is 4.33. The van der Waals surface area contributed by atoms with Gasteiger partial charge in [0.1, 0.15) is 0 Å². The summed E-state index contributed by atoms with van der Waals surface area (Å²) in [6.07, 6.45) is 2.58. The first kappa shape index (κ1) is 10.2. The van der Waals surface area contributed by atoms with Crippen LogP contribution in [0.2, 0.25) is 0 Å². The van der Waals surface area contributed by atoms with Crippen LogP contribution >= 0.6 is 0 Å². The monoisotopic (exact) mass is 254 g/mol. The lowest BCUT2D eigenvalue weighted by atomic mass is 10.1. The van der Waals surface area contributed by atoms with Gasteiger partial charge in [0.05, 0.1) is 6.20 Å². The van der Waals surface area contributed by atoms with Crippen molar-refractivity contribution in [2.75, 3.05) is 11.9 Å². The van der Waals surface area contributed by atoms with Crippen molar-refractivity contribution < 1.29 is 4.52 Å². The molecule has 3 aromatic rings. The molecule has 0 radical (unpaired) electrons. The van der Waals surface area contributed by atoms with E-state index < -0.39 is 0 Å². The van der Waals surface area contributed by atoms with Crippen LogP contribution < -0.4 is 5.32 Å². The lowest BCUT2D eigenvalue weighted by Crippen LogP contribution is -1.90. The summed E-state index contributed by atoms with van der Waals surface area (Å²) in [7, 11) is 0. The molecule has 1 aliphatic rings. The molecule has 3 heterocycles. The minimum Gasteiger partial charge on any atom is -0.384 e. The van der Waals surface area contributed by atoms with Gasteiger partial charge in [-0.2, -0.15) is 20.4 Å². The molecular weight excluding hydrogens is 244 g/mol. The van der Waals surface area contributed by atoms with E-state index in [1.165, 1.54) is 11.3 Å². The Morgan fingerprint density at radius 2 is 2.26 bits per heavy atom. The fourth-order valence-corrected chi connectivity index (χ4v) is 2.19. The molecule has 0 amide bonds. The Morgan fingerprint density at radius 1 is 1.26 bits per heavy atom. The van der Waals surface area contributed by atoms with Gasteiger partial charge in [0.15, 0.2) is 5.69 Å². The number of aromatic nitrogens is 5. The molecule has 0 unspecified atom stereocenters. The van der Waals surface area contributed by atoms with Gasteiger partial charge in [-0.25, -0.2) is 0 Å². The Morgan fingerprint density at radius 3 is 3.16 bits per heavy atom. The van der Waals surface area contributed by atoms with Gasteiger partial charge in [-0.05, 0) is 30.2 Å². The zero-order valence-electron chi connectivity index (χ0n) is 9.92. The van der Waals surface area contributed by atoms with Crippen LogP contribution in [0.15, 0.2) is 28.9 Å². The second-order valence-electron chi connectivity index (χ2n) is 4.33. The normalized spacial score (nSPS) is 13.3. The third-order valence-corrected chi connectivity index (χ3v) is 3.13. The SMILES string of the molecule is c1cc2c(cc1-c1nc(-c3cn[nH]n3)no1)CCN2.